The van der Waals surface area contributed by atoms with E-state index in [1.807, 2.05) is 0 Å². The Labute approximate surface area is 56.1 Å². The van der Waals surface area contributed by atoms with E-state index in [-0.39, 0.29) is 6.10 Å². The van der Waals surface area contributed by atoms with E-state index in [9.17, 15) is 5.11 Å². The van der Waals surface area contributed by atoms with Crippen LogP contribution in [0.4, 0.5) is 0 Å². The number of fused-ring (bicyclic) bond motifs is 1. The molecule has 2 rings (SSSR count). The quantitative estimate of drug-likeness (QED) is 0.520. The van der Waals surface area contributed by atoms with Crippen molar-refractivity contribution in [1.29, 1.82) is 0 Å². The largest absolute Gasteiger partial charge is 0.393 e. The maximum Gasteiger partial charge on any atom is 0.0573 e. The van der Waals surface area contributed by atoms with Gasteiger partial charge < -0.3 is 5.11 Å². The van der Waals surface area contributed by atoms with Gasteiger partial charge in [-0.3, -0.25) is 0 Å². The minimum absolute atomic E-state index is 0.0544. The Morgan fingerprint density at radius 3 is 2.67 bits per heavy atom. The molecule has 1 N–H and O–H groups in total. The van der Waals surface area contributed by atoms with Gasteiger partial charge in [-0.2, -0.15) is 0 Å². The lowest BCUT2D eigenvalue weighted by molar-refractivity contribution is 0.0934. The monoisotopic (exact) mass is 126 g/mol. The second-order valence-corrected chi connectivity index (χ2v) is 3.80. The lowest BCUT2D eigenvalue weighted by atomic mass is 9.89. The fraction of sp³-hybridized carbons (Fsp3) is 1.00. The van der Waals surface area contributed by atoms with Crippen molar-refractivity contribution >= 4 is 0 Å². The molecule has 2 fully saturated rings. The fourth-order valence-electron chi connectivity index (χ4n) is 2.21. The van der Waals surface area contributed by atoms with Crippen molar-refractivity contribution in [1.82, 2.24) is 0 Å². The second kappa shape index (κ2) is 1.72. The van der Waals surface area contributed by atoms with Crippen LogP contribution in [0.15, 0.2) is 0 Å². The van der Waals surface area contributed by atoms with Crippen molar-refractivity contribution in [2.24, 2.45) is 17.8 Å². The first-order valence-electron chi connectivity index (χ1n) is 3.95. The van der Waals surface area contributed by atoms with Crippen LogP contribution in [0.2, 0.25) is 0 Å². The van der Waals surface area contributed by atoms with Crippen LogP contribution in [0.1, 0.15) is 26.2 Å². The maximum atomic E-state index is 9.39. The first-order valence-corrected chi connectivity index (χ1v) is 3.95. The van der Waals surface area contributed by atoms with Crippen molar-refractivity contribution in [3.63, 3.8) is 0 Å². The van der Waals surface area contributed by atoms with Crippen molar-refractivity contribution in [2.75, 3.05) is 0 Å². The van der Waals surface area contributed by atoms with E-state index < -0.39 is 0 Å². The van der Waals surface area contributed by atoms with E-state index in [1.165, 1.54) is 12.8 Å². The van der Waals surface area contributed by atoms with E-state index in [1.54, 1.807) is 0 Å². The van der Waals surface area contributed by atoms with Gasteiger partial charge in [-0.25, -0.2) is 0 Å². The van der Waals surface area contributed by atoms with E-state index in [0.29, 0.717) is 5.92 Å². The molecule has 0 amide bonds. The Balaban J connectivity index is 1.99. The predicted octanol–water partition coefficient (Wildman–Crippen LogP) is 1.41. The molecule has 0 bridgehead atoms. The Kier molecular flexibility index (Phi) is 1.10. The van der Waals surface area contributed by atoms with E-state index >= 15 is 0 Å². The highest BCUT2D eigenvalue weighted by atomic mass is 16.3. The molecule has 0 aromatic heterocycles. The molecule has 2 aliphatic carbocycles. The zero-order valence-electron chi connectivity index (χ0n) is 5.88. The summed E-state index contributed by atoms with van der Waals surface area (Å²) in [4.78, 5) is 0. The summed E-state index contributed by atoms with van der Waals surface area (Å²) in [6.45, 7) is 2.25. The Morgan fingerprint density at radius 2 is 2.00 bits per heavy atom. The molecule has 0 radical (unpaired) electrons. The van der Waals surface area contributed by atoms with Crippen LogP contribution in [0.5, 0.6) is 0 Å². The Bertz CT molecular complexity index is 122. The minimum atomic E-state index is 0.0544. The Morgan fingerprint density at radius 1 is 1.22 bits per heavy atom. The van der Waals surface area contributed by atoms with Crippen molar-refractivity contribution < 1.29 is 5.11 Å². The SMILES string of the molecule is CC1CC2C[C@H]2[C@H](O)C1. The standard InChI is InChI=1S/C8H14O/c1-5-2-6-4-7(6)8(9)3-5/h5-9H,2-4H2,1H3/t5?,6?,7-,8-/m1/s1. The van der Waals surface area contributed by atoms with Crippen LogP contribution < -0.4 is 0 Å². The van der Waals surface area contributed by atoms with Crippen LogP contribution >= 0.6 is 0 Å². The molecule has 2 unspecified atom stereocenters. The average molecular weight is 126 g/mol. The summed E-state index contributed by atoms with van der Waals surface area (Å²) in [6.07, 6.45) is 3.80. The average Bonchev–Trinajstić information content (AvgIpc) is 2.43. The van der Waals surface area contributed by atoms with Gasteiger partial charge in [-0.05, 0) is 37.0 Å². The third-order valence-electron chi connectivity index (χ3n) is 2.82. The van der Waals surface area contributed by atoms with Gasteiger partial charge in [-0.1, -0.05) is 6.92 Å². The van der Waals surface area contributed by atoms with Gasteiger partial charge in [0.05, 0.1) is 6.10 Å². The summed E-state index contributed by atoms with van der Waals surface area (Å²) in [5, 5.41) is 9.39. The molecule has 4 atom stereocenters. The normalized spacial score (nSPS) is 56.7. The molecule has 0 saturated heterocycles. The highest BCUT2D eigenvalue weighted by Gasteiger charge is 2.46. The van der Waals surface area contributed by atoms with Crippen LogP contribution in [-0.2, 0) is 0 Å². The molecule has 2 saturated carbocycles. The zero-order chi connectivity index (χ0) is 6.43. The van der Waals surface area contributed by atoms with E-state index in [0.717, 1.165) is 18.3 Å². The molecule has 52 valence electrons. The number of rotatable bonds is 0. The molecule has 1 heteroatoms. The van der Waals surface area contributed by atoms with Crippen LogP contribution in [-0.4, -0.2) is 11.2 Å². The molecule has 0 aromatic carbocycles. The van der Waals surface area contributed by atoms with Crippen LogP contribution in [0.25, 0.3) is 0 Å². The lowest BCUT2D eigenvalue weighted by Crippen LogP contribution is -2.20. The van der Waals surface area contributed by atoms with Crippen LogP contribution in [0.3, 0.4) is 0 Å². The third-order valence-corrected chi connectivity index (χ3v) is 2.82. The van der Waals surface area contributed by atoms with E-state index in [4.69, 9.17) is 0 Å². The van der Waals surface area contributed by atoms with Gasteiger partial charge in [0.25, 0.3) is 0 Å². The second-order valence-electron chi connectivity index (χ2n) is 3.80. The van der Waals surface area contributed by atoms with Gasteiger partial charge >= 0.3 is 0 Å². The van der Waals surface area contributed by atoms with Crippen LogP contribution in [0, 0.1) is 17.8 Å². The molecule has 0 spiro atoms. The molecule has 0 aliphatic heterocycles. The Hall–Kier alpha value is -0.0400. The molecule has 0 heterocycles. The zero-order valence-corrected chi connectivity index (χ0v) is 5.88. The van der Waals surface area contributed by atoms with Crippen molar-refractivity contribution in [3.8, 4) is 0 Å². The number of aliphatic hydroxyl groups excluding tert-OH is 1. The lowest BCUT2D eigenvalue weighted by Gasteiger charge is -2.21. The van der Waals surface area contributed by atoms with E-state index in [2.05, 4.69) is 6.92 Å². The highest BCUT2D eigenvalue weighted by molar-refractivity contribution is 4.96. The topological polar surface area (TPSA) is 20.2 Å². The number of hydrogen-bond donors (Lipinski definition) is 1. The number of aliphatic hydroxyl groups is 1. The minimum Gasteiger partial charge on any atom is -0.393 e. The van der Waals surface area contributed by atoms with Gasteiger partial charge in [0.2, 0.25) is 0 Å². The summed E-state index contributed by atoms with van der Waals surface area (Å²) < 4.78 is 0. The molecular weight excluding hydrogens is 112 g/mol. The predicted molar refractivity (Wildman–Crippen MR) is 36.0 cm³/mol. The molecule has 1 nitrogen and oxygen atoms in total. The molecule has 9 heavy (non-hydrogen) atoms. The van der Waals surface area contributed by atoms with Gasteiger partial charge in [0.1, 0.15) is 0 Å². The third kappa shape index (κ3) is 0.877. The summed E-state index contributed by atoms with van der Waals surface area (Å²) >= 11 is 0. The highest BCUT2D eigenvalue weighted by Crippen LogP contribution is 2.51. The first-order chi connectivity index (χ1) is 4.27. The van der Waals surface area contributed by atoms with Gasteiger partial charge in [0.15, 0.2) is 0 Å². The summed E-state index contributed by atoms with van der Waals surface area (Å²) in [5.41, 5.74) is 0. The van der Waals surface area contributed by atoms with Gasteiger partial charge in [-0.15, -0.1) is 0 Å². The van der Waals surface area contributed by atoms with Crippen molar-refractivity contribution in [3.05, 3.63) is 0 Å². The summed E-state index contributed by atoms with van der Waals surface area (Å²) in [5.74, 6) is 2.40. The summed E-state index contributed by atoms with van der Waals surface area (Å²) in [7, 11) is 0. The summed E-state index contributed by atoms with van der Waals surface area (Å²) in [6, 6.07) is 0. The maximum absolute atomic E-state index is 9.39. The van der Waals surface area contributed by atoms with Gasteiger partial charge in [0, 0.05) is 0 Å². The number of hydrogen-bond acceptors (Lipinski definition) is 1. The molecular formula is C8H14O. The van der Waals surface area contributed by atoms with Crippen molar-refractivity contribution in [2.45, 2.75) is 32.3 Å². The fourth-order valence-corrected chi connectivity index (χ4v) is 2.21. The molecule has 0 aromatic rings. The molecule has 2 aliphatic rings. The first kappa shape index (κ1) is 5.72. The smallest absolute Gasteiger partial charge is 0.0573 e.